The Morgan fingerprint density at radius 2 is 2.06 bits per heavy atom. The molecule has 1 amide bonds. The van der Waals surface area contributed by atoms with Crippen LogP contribution in [0.1, 0.15) is 37.0 Å². The molecule has 0 unspecified atom stereocenters. The number of benzene rings is 1. The standard InChI is InChI=1S/C14H17F2NO/c1-9(2)8-17(10-6-7-10)14(18)11-4-3-5-12(15)13(11)16/h3-5,9-10H,6-8H2,1-2H3. The number of rotatable bonds is 4. The normalized spacial score (nSPS) is 14.9. The number of halogens is 2. The maximum absolute atomic E-state index is 13.6. The summed E-state index contributed by atoms with van der Waals surface area (Å²) >= 11 is 0. The summed E-state index contributed by atoms with van der Waals surface area (Å²) in [5.74, 6) is -2.10. The number of hydrogen-bond acceptors (Lipinski definition) is 1. The Morgan fingerprint density at radius 3 is 2.61 bits per heavy atom. The van der Waals surface area contributed by atoms with E-state index < -0.39 is 17.5 Å². The lowest BCUT2D eigenvalue weighted by molar-refractivity contribution is 0.0716. The monoisotopic (exact) mass is 253 g/mol. The van der Waals surface area contributed by atoms with Crippen LogP contribution < -0.4 is 0 Å². The molecule has 2 rings (SSSR count). The molecule has 1 fully saturated rings. The van der Waals surface area contributed by atoms with Gasteiger partial charge in [0.15, 0.2) is 11.6 Å². The van der Waals surface area contributed by atoms with Gasteiger partial charge in [0.2, 0.25) is 0 Å². The van der Waals surface area contributed by atoms with Crippen molar-refractivity contribution >= 4 is 5.91 Å². The summed E-state index contributed by atoms with van der Waals surface area (Å²) in [5.41, 5.74) is -0.164. The first kappa shape index (κ1) is 13.0. The zero-order valence-corrected chi connectivity index (χ0v) is 10.6. The Hall–Kier alpha value is -1.45. The largest absolute Gasteiger partial charge is 0.335 e. The van der Waals surface area contributed by atoms with Crippen molar-refractivity contribution in [3.63, 3.8) is 0 Å². The number of hydrogen-bond donors (Lipinski definition) is 0. The fourth-order valence-electron chi connectivity index (χ4n) is 2.00. The Morgan fingerprint density at radius 1 is 1.39 bits per heavy atom. The van der Waals surface area contributed by atoms with Crippen LogP contribution in [0.5, 0.6) is 0 Å². The van der Waals surface area contributed by atoms with Gasteiger partial charge in [-0.1, -0.05) is 19.9 Å². The fourth-order valence-corrected chi connectivity index (χ4v) is 2.00. The first-order valence-electron chi connectivity index (χ1n) is 6.25. The lowest BCUT2D eigenvalue weighted by atomic mass is 10.1. The van der Waals surface area contributed by atoms with Crippen molar-refractivity contribution in [2.45, 2.75) is 32.7 Å². The van der Waals surface area contributed by atoms with Crippen LogP contribution in [0.2, 0.25) is 0 Å². The van der Waals surface area contributed by atoms with Gasteiger partial charge < -0.3 is 4.90 Å². The van der Waals surface area contributed by atoms with Gasteiger partial charge in [-0.05, 0) is 30.9 Å². The Balaban J connectivity index is 2.25. The van der Waals surface area contributed by atoms with Gasteiger partial charge >= 0.3 is 0 Å². The van der Waals surface area contributed by atoms with Crippen LogP contribution in [0.4, 0.5) is 8.78 Å². The average molecular weight is 253 g/mol. The van der Waals surface area contributed by atoms with Crippen LogP contribution in [-0.2, 0) is 0 Å². The summed E-state index contributed by atoms with van der Waals surface area (Å²) in [7, 11) is 0. The molecule has 0 aromatic heterocycles. The smallest absolute Gasteiger partial charge is 0.257 e. The average Bonchev–Trinajstić information content (AvgIpc) is 3.12. The van der Waals surface area contributed by atoms with Crippen molar-refractivity contribution < 1.29 is 13.6 Å². The first-order valence-corrected chi connectivity index (χ1v) is 6.25. The van der Waals surface area contributed by atoms with E-state index in [1.807, 2.05) is 13.8 Å². The van der Waals surface area contributed by atoms with Gasteiger partial charge in [0.1, 0.15) is 0 Å². The molecule has 0 aliphatic heterocycles. The maximum atomic E-state index is 13.6. The lowest BCUT2D eigenvalue weighted by Crippen LogP contribution is -2.36. The summed E-state index contributed by atoms with van der Waals surface area (Å²) in [4.78, 5) is 13.9. The van der Waals surface area contributed by atoms with E-state index in [0.717, 1.165) is 18.9 Å². The quantitative estimate of drug-likeness (QED) is 0.806. The third-order valence-electron chi connectivity index (χ3n) is 2.99. The van der Waals surface area contributed by atoms with Gasteiger partial charge in [0.05, 0.1) is 5.56 Å². The van der Waals surface area contributed by atoms with Gasteiger partial charge in [-0.3, -0.25) is 4.79 Å². The molecule has 0 N–H and O–H groups in total. The molecule has 0 atom stereocenters. The van der Waals surface area contributed by atoms with Crippen LogP contribution in [0, 0.1) is 17.6 Å². The molecule has 18 heavy (non-hydrogen) atoms. The Kier molecular flexibility index (Phi) is 3.64. The first-order chi connectivity index (χ1) is 8.50. The summed E-state index contributed by atoms with van der Waals surface area (Å²) in [6, 6.07) is 3.93. The second-order valence-corrected chi connectivity index (χ2v) is 5.18. The minimum absolute atomic E-state index is 0.164. The van der Waals surface area contributed by atoms with Crippen molar-refractivity contribution in [3.8, 4) is 0 Å². The molecule has 1 aliphatic rings. The molecule has 0 heterocycles. The molecule has 98 valence electrons. The highest BCUT2D eigenvalue weighted by Gasteiger charge is 2.34. The minimum Gasteiger partial charge on any atom is -0.335 e. The third kappa shape index (κ3) is 2.68. The predicted octanol–water partition coefficient (Wildman–Crippen LogP) is 3.23. The van der Waals surface area contributed by atoms with Gasteiger partial charge in [-0.25, -0.2) is 8.78 Å². The Bertz CT molecular complexity index is 455. The van der Waals surface area contributed by atoms with Crippen molar-refractivity contribution in [2.75, 3.05) is 6.54 Å². The van der Waals surface area contributed by atoms with E-state index in [9.17, 15) is 13.6 Å². The maximum Gasteiger partial charge on any atom is 0.257 e. The molecule has 2 nitrogen and oxygen atoms in total. The zero-order valence-electron chi connectivity index (χ0n) is 10.6. The molecule has 1 aliphatic carbocycles. The van der Waals surface area contributed by atoms with E-state index in [4.69, 9.17) is 0 Å². The molecular formula is C14H17F2NO. The molecule has 1 saturated carbocycles. The minimum atomic E-state index is -1.04. The van der Waals surface area contributed by atoms with E-state index in [2.05, 4.69) is 0 Å². The molecule has 1 aromatic rings. The molecule has 0 radical (unpaired) electrons. The summed E-state index contributed by atoms with van der Waals surface area (Å²) in [5, 5.41) is 0. The lowest BCUT2D eigenvalue weighted by Gasteiger charge is -2.24. The van der Waals surface area contributed by atoms with Crippen molar-refractivity contribution in [2.24, 2.45) is 5.92 Å². The van der Waals surface area contributed by atoms with E-state index >= 15 is 0 Å². The van der Waals surface area contributed by atoms with E-state index in [-0.39, 0.29) is 11.6 Å². The van der Waals surface area contributed by atoms with Crippen LogP contribution in [-0.4, -0.2) is 23.4 Å². The summed E-state index contributed by atoms with van der Waals surface area (Å²) in [6.45, 7) is 4.59. The highest BCUT2D eigenvalue weighted by Crippen LogP contribution is 2.29. The van der Waals surface area contributed by atoms with Gasteiger partial charge in [-0.15, -0.1) is 0 Å². The van der Waals surface area contributed by atoms with E-state index in [1.54, 1.807) is 4.90 Å². The van der Waals surface area contributed by atoms with Crippen LogP contribution >= 0.6 is 0 Å². The highest BCUT2D eigenvalue weighted by atomic mass is 19.2. The number of carbonyl (C=O) groups is 1. The van der Waals surface area contributed by atoms with E-state index in [1.165, 1.54) is 12.1 Å². The van der Waals surface area contributed by atoms with Gasteiger partial charge in [0.25, 0.3) is 5.91 Å². The molecule has 1 aromatic carbocycles. The zero-order chi connectivity index (χ0) is 13.3. The summed E-state index contributed by atoms with van der Waals surface area (Å²) in [6.07, 6.45) is 1.91. The molecule has 0 spiro atoms. The van der Waals surface area contributed by atoms with Crippen molar-refractivity contribution in [1.82, 2.24) is 4.90 Å². The molecule has 4 heteroatoms. The molecule has 0 saturated heterocycles. The second-order valence-electron chi connectivity index (χ2n) is 5.18. The van der Waals surface area contributed by atoms with Gasteiger partial charge in [0, 0.05) is 12.6 Å². The van der Waals surface area contributed by atoms with Crippen LogP contribution in [0.25, 0.3) is 0 Å². The summed E-state index contributed by atoms with van der Waals surface area (Å²) < 4.78 is 26.7. The molecular weight excluding hydrogens is 236 g/mol. The number of amides is 1. The van der Waals surface area contributed by atoms with Crippen LogP contribution in [0.15, 0.2) is 18.2 Å². The van der Waals surface area contributed by atoms with Gasteiger partial charge in [-0.2, -0.15) is 0 Å². The van der Waals surface area contributed by atoms with E-state index in [0.29, 0.717) is 12.5 Å². The van der Waals surface area contributed by atoms with Crippen molar-refractivity contribution in [3.05, 3.63) is 35.4 Å². The van der Waals surface area contributed by atoms with Crippen LogP contribution in [0.3, 0.4) is 0 Å². The predicted molar refractivity (Wildman–Crippen MR) is 65.3 cm³/mol. The SMILES string of the molecule is CC(C)CN(C(=O)c1cccc(F)c1F)C1CC1. The third-order valence-corrected chi connectivity index (χ3v) is 2.99. The molecule has 0 bridgehead atoms. The number of nitrogens with zero attached hydrogens (tertiary/aromatic N) is 1. The fraction of sp³-hybridized carbons (Fsp3) is 0.500. The topological polar surface area (TPSA) is 20.3 Å². The number of carbonyl (C=O) groups excluding carboxylic acids is 1. The Labute approximate surface area is 106 Å². The highest BCUT2D eigenvalue weighted by molar-refractivity contribution is 5.94. The van der Waals surface area contributed by atoms with Crippen molar-refractivity contribution in [1.29, 1.82) is 0 Å². The second kappa shape index (κ2) is 5.04.